The van der Waals surface area contributed by atoms with Gasteiger partial charge in [-0.1, -0.05) is 35.5 Å². The van der Waals surface area contributed by atoms with E-state index in [0.29, 0.717) is 17.3 Å². The third kappa shape index (κ3) is 4.27. The largest absolute Gasteiger partial charge is 0.497 e. The topological polar surface area (TPSA) is 56.1 Å². The minimum absolute atomic E-state index is 0.0436. The molecule has 7 heteroatoms. The zero-order chi connectivity index (χ0) is 17.8. The fourth-order valence-electron chi connectivity index (χ4n) is 2.44. The predicted octanol–water partition coefficient (Wildman–Crippen LogP) is 3.64. The van der Waals surface area contributed by atoms with Gasteiger partial charge in [-0.3, -0.25) is 4.79 Å². The number of rotatable bonds is 6. The van der Waals surface area contributed by atoms with Crippen molar-refractivity contribution >= 4 is 40.3 Å². The van der Waals surface area contributed by atoms with Crippen LogP contribution in [0.4, 0.5) is 0 Å². The number of carbonyl (C=O) groups is 1. The van der Waals surface area contributed by atoms with E-state index in [1.54, 1.807) is 7.11 Å². The molecule has 0 bridgehead atoms. The van der Waals surface area contributed by atoms with Crippen molar-refractivity contribution in [3.63, 3.8) is 0 Å². The summed E-state index contributed by atoms with van der Waals surface area (Å²) in [5, 5.41) is 4.35. The molecule has 2 aromatic carbocycles. The number of fused-ring (bicyclic) bond motifs is 1. The van der Waals surface area contributed by atoms with Crippen LogP contribution in [0.25, 0.3) is 11.0 Å². The van der Waals surface area contributed by atoms with Crippen LogP contribution in [-0.4, -0.2) is 28.3 Å². The van der Waals surface area contributed by atoms with Crippen molar-refractivity contribution in [2.45, 2.75) is 11.7 Å². The molecular weight excluding hydrogens is 358 g/mol. The highest BCUT2D eigenvalue weighted by Crippen LogP contribution is 2.25. The van der Waals surface area contributed by atoms with E-state index in [1.807, 2.05) is 54.1 Å². The first-order valence-electron chi connectivity index (χ1n) is 7.71. The highest BCUT2D eigenvalue weighted by atomic mass is 35.5. The van der Waals surface area contributed by atoms with E-state index < -0.39 is 0 Å². The predicted molar refractivity (Wildman–Crippen MR) is 101 cm³/mol. The van der Waals surface area contributed by atoms with E-state index in [0.717, 1.165) is 27.5 Å². The smallest absolute Gasteiger partial charge is 0.230 e. The van der Waals surface area contributed by atoms with Gasteiger partial charge in [-0.2, -0.15) is 0 Å². The first-order valence-corrected chi connectivity index (χ1v) is 9.07. The maximum absolute atomic E-state index is 12.1. The molecule has 0 unspecified atom stereocenters. The van der Waals surface area contributed by atoms with Crippen LogP contribution >= 0.6 is 23.4 Å². The average molecular weight is 376 g/mol. The first kappa shape index (κ1) is 17.6. The highest BCUT2D eigenvalue weighted by Gasteiger charge is 2.11. The Kier molecular flexibility index (Phi) is 5.50. The van der Waals surface area contributed by atoms with Crippen LogP contribution < -0.4 is 10.1 Å². The van der Waals surface area contributed by atoms with Crippen molar-refractivity contribution in [3.05, 3.63) is 53.1 Å². The minimum Gasteiger partial charge on any atom is -0.497 e. The maximum Gasteiger partial charge on any atom is 0.230 e. The third-order valence-electron chi connectivity index (χ3n) is 3.76. The summed E-state index contributed by atoms with van der Waals surface area (Å²) in [6.07, 6.45) is 0. The Morgan fingerprint density at radius 3 is 2.96 bits per heavy atom. The molecule has 1 heterocycles. The molecule has 1 aromatic heterocycles. The fourth-order valence-corrected chi connectivity index (χ4v) is 3.43. The van der Waals surface area contributed by atoms with E-state index in [2.05, 4.69) is 10.3 Å². The molecule has 25 heavy (non-hydrogen) atoms. The van der Waals surface area contributed by atoms with Gasteiger partial charge in [0, 0.05) is 18.6 Å². The van der Waals surface area contributed by atoms with E-state index in [9.17, 15) is 4.79 Å². The van der Waals surface area contributed by atoms with Gasteiger partial charge in [-0.05, 0) is 35.9 Å². The van der Waals surface area contributed by atoms with Crippen LogP contribution in [0, 0.1) is 0 Å². The summed E-state index contributed by atoms with van der Waals surface area (Å²) in [4.78, 5) is 16.6. The third-order valence-corrected chi connectivity index (χ3v) is 5.02. The molecule has 0 saturated heterocycles. The van der Waals surface area contributed by atoms with E-state index in [1.165, 1.54) is 11.8 Å². The Morgan fingerprint density at radius 2 is 2.16 bits per heavy atom. The van der Waals surface area contributed by atoms with Crippen LogP contribution in [-0.2, 0) is 18.4 Å². The zero-order valence-corrected chi connectivity index (χ0v) is 15.5. The second-order valence-electron chi connectivity index (χ2n) is 5.50. The number of hydrogen-bond acceptors (Lipinski definition) is 4. The molecule has 0 radical (unpaired) electrons. The van der Waals surface area contributed by atoms with E-state index >= 15 is 0 Å². The van der Waals surface area contributed by atoms with Gasteiger partial charge >= 0.3 is 0 Å². The van der Waals surface area contributed by atoms with Crippen molar-refractivity contribution in [3.8, 4) is 5.75 Å². The van der Waals surface area contributed by atoms with Gasteiger partial charge in [0.25, 0.3) is 0 Å². The number of amides is 1. The number of hydrogen-bond donors (Lipinski definition) is 1. The van der Waals surface area contributed by atoms with Gasteiger partial charge in [0.15, 0.2) is 5.16 Å². The van der Waals surface area contributed by atoms with Crippen molar-refractivity contribution < 1.29 is 9.53 Å². The summed E-state index contributed by atoms with van der Waals surface area (Å²) in [6, 6.07) is 13.2. The zero-order valence-electron chi connectivity index (χ0n) is 14.0. The summed E-state index contributed by atoms with van der Waals surface area (Å²) in [5.74, 6) is 1.03. The van der Waals surface area contributed by atoms with Crippen LogP contribution in [0.3, 0.4) is 0 Å². The number of aryl methyl sites for hydroxylation is 1. The molecule has 1 amide bonds. The van der Waals surface area contributed by atoms with Crippen LogP contribution in [0.2, 0.25) is 5.02 Å². The molecule has 0 spiro atoms. The van der Waals surface area contributed by atoms with Gasteiger partial charge < -0.3 is 14.6 Å². The average Bonchev–Trinajstić information content (AvgIpc) is 2.93. The van der Waals surface area contributed by atoms with Crippen molar-refractivity contribution in [2.75, 3.05) is 12.9 Å². The number of halogens is 1. The summed E-state index contributed by atoms with van der Waals surface area (Å²) in [5.41, 5.74) is 2.81. The van der Waals surface area contributed by atoms with Gasteiger partial charge in [-0.15, -0.1) is 0 Å². The number of nitrogens with zero attached hydrogens (tertiary/aromatic N) is 2. The molecule has 3 aromatic rings. The fraction of sp³-hybridized carbons (Fsp3) is 0.222. The quantitative estimate of drug-likeness (QED) is 0.668. The lowest BCUT2D eigenvalue weighted by molar-refractivity contribution is -0.118. The molecule has 0 aliphatic heterocycles. The van der Waals surface area contributed by atoms with Gasteiger partial charge in [0.2, 0.25) is 5.91 Å². The summed E-state index contributed by atoms with van der Waals surface area (Å²) in [7, 11) is 3.55. The number of methoxy groups -OCH3 is 1. The Bertz CT molecular complexity index is 910. The summed E-state index contributed by atoms with van der Waals surface area (Å²) < 4.78 is 7.14. The SMILES string of the molecule is COc1cccc(CNC(=O)CSc2nc3cc(Cl)ccc3n2C)c1. The summed E-state index contributed by atoms with van der Waals surface area (Å²) in [6.45, 7) is 0.467. The number of thioether (sulfide) groups is 1. The van der Waals surface area contributed by atoms with Gasteiger partial charge in [-0.25, -0.2) is 4.98 Å². The van der Waals surface area contributed by atoms with Crippen LogP contribution in [0.15, 0.2) is 47.6 Å². The van der Waals surface area contributed by atoms with Crippen molar-refractivity contribution in [1.29, 1.82) is 0 Å². The number of aromatic nitrogens is 2. The molecule has 0 fully saturated rings. The minimum atomic E-state index is -0.0436. The Morgan fingerprint density at radius 1 is 1.32 bits per heavy atom. The lowest BCUT2D eigenvalue weighted by Crippen LogP contribution is -2.24. The van der Waals surface area contributed by atoms with Crippen LogP contribution in [0.1, 0.15) is 5.56 Å². The molecule has 3 rings (SSSR count). The molecule has 1 N–H and O–H groups in total. The second-order valence-corrected chi connectivity index (χ2v) is 6.88. The Labute approximate surface area is 155 Å². The summed E-state index contributed by atoms with van der Waals surface area (Å²) >= 11 is 7.40. The second kappa shape index (κ2) is 7.80. The highest BCUT2D eigenvalue weighted by molar-refractivity contribution is 7.99. The molecule has 0 atom stereocenters. The van der Waals surface area contributed by atoms with E-state index in [-0.39, 0.29) is 5.91 Å². The van der Waals surface area contributed by atoms with E-state index in [4.69, 9.17) is 16.3 Å². The normalized spacial score (nSPS) is 10.8. The number of carbonyl (C=O) groups excluding carboxylic acids is 1. The van der Waals surface area contributed by atoms with Gasteiger partial charge in [0.1, 0.15) is 5.75 Å². The number of imidazole rings is 1. The lowest BCUT2D eigenvalue weighted by Gasteiger charge is -2.07. The molecule has 0 saturated carbocycles. The number of ether oxygens (including phenoxy) is 1. The molecule has 130 valence electrons. The monoisotopic (exact) mass is 375 g/mol. The first-order chi connectivity index (χ1) is 12.1. The number of nitrogens with one attached hydrogen (secondary N) is 1. The van der Waals surface area contributed by atoms with Crippen molar-refractivity contribution in [2.24, 2.45) is 7.05 Å². The molecular formula is C18H18ClN3O2S. The molecule has 5 nitrogen and oxygen atoms in total. The number of benzene rings is 2. The Hall–Kier alpha value is -2.18. The van der Waals surface area contributed by atoms with Crippen LogP contribution in [0.5, 0.6) is 5.75 Å². The maximum atomic E-state index is 12.1. The Balaban J connectivity index is 1.58. The standard InChI is InChI=1S/C18H18ClN3O2S/c1-22-16-7-6-13(19)9-15(16)21-18(22)25-11-17(23)20-10-12-4-3-5-14(8-12)24-2/h3-9H,10-11H2,1-2H3,(H,20,23). The molecule has 0 aliphatic carbocycles. The van der Waals surface area contributed by atoms with Crippen molar-refractivity contribution in [1.82, 2.24) is 14.9 Å². The van der Waals surface area contributed by atoms with Gasteiger partial charge in [0.05, 0.1) is 23.9 Å². The molecule has 0 aliphatic rings. The lowest BCUT2D eigenvalue weighted by atomic mass is 10.2.